The number of aromatic nitrogens is 1. The Balaban J connectivity index is 1.98. The number of pyridine rings is 1. The zero-order valence-corrected chi connectivity index (χ0v) is 13.5. The molecule has 3 aromatic rings. The zero-order valence-electron chi connectivity index (χ0n) is 13.5. The second-order valence-corrected chi connectivity index (χ2v) is 5.62. The van der Waals surface area contributed by atoms with Crippen LogP contribution in [-0.4, -0.2) is 15.8 Å². The quantitative estimate of drug-likeness (QED) is 0.574. The molecule has 0 saturated carbocycles. The number of amides is 1. The number of fused-ring (bicyclic) bond motifs is 1. The Kier molecular flexibility index (Phi) is 4.14. The average Bonchev–Trinajstić information content (AvgIpc) is 2.55. The van der Waals surface area contributed by atoms with Crippen LogP contribution in [0.15, 0.2) is 42.5 Å². The van der Waals surface area contributed by atoms with Gasteiger partial charge in [-0.25, -0.2) is 4.39 Å². The molecule has 1 amide bonds. The van der Waals surface area contributed by atoms with Crippen molar-refractivity contribution in [3.8, 4) is 0 Å². The molecule has 0 aliphatic heterocycles. The van der Waals surface area contributed by atoms with Gasteiger partial charge in [0.1, 0.15) is 5.82 Å². The monoisotopic (exact) mass is 339 g/mol. The highest BCUT2D eigenvalue weighted by molar-refractivity contribution is 6.07. The van der Waals surface area contributed by atoms with Gasteiger partial charge in [-0.05, 0) is 38.1 Å². The highest BCUT2D eigenvalue weighted by Crippen LogP contribution is 2.26. The molecule has 126 valence electrons. The SMILES string of the molecule is Cc1nc2cc(F)ccc2cc1C(=O)Nc1cccc([N+](=O)[O-])c1C. The summed E-state index contributed by atoms with van der Waals surface area (Å²) in [7, 11) is 0. The van der Waals surface area contributed by atoms with Crippen molar-refractivity contribution in [2.24, 2.45) is 0 Å². The molecular formula is C18H14FN3O3. The molecule has 0 aliphatic rings. The summed E-state index contributed by atoms with van der Waals surface area (Å²) in [6.45, 7) is 3.22. The fourth-order valence-corrected chi connectivity index (χ4v) is 2.61. The molecule has 1 N–H and O–H groups in total. The summed E-state index contributed by atoms with van der Waals surface area (Å²) >= 11 is 0. The van der Waals surface area contributed by atoms with Gasteiger partial charge in [-0.3, -0.25) is 19.9 Å². The Morgan fingerprint density at radius 1 is 1.20 bits per heavy atom. The van der Waals surface area contributed by atoms with Crippen molar-refractivity contribution in [2.45, 2.75) is 13.8 Å². The minimum Gasteiger partial charge on any atom is -0.321 e. The van der Waals surface area contributed by atoms with E-state index in [1.165, 1.54) is 24.3 Å². The molecule has 0 unspecified atom stereocenters. The van der Waals surface area contributed by atoms with Gasteiger partial charge >= 0.3 is 0 Å². The highest BCUT2D eigenvalue weighted by Gasteiger charge is 2.17. The number of rotatable bonds is 3. The van der Waals surface area contributed by atoms with Crippen molar-refractivity contribution in [1.82, 2.24) is 4.98 Å². The number of anilines is 1. The van der Waals surface area contributed by atoms with Crippen molar-refractivity contribution in [3.63, 3.8) is 0 Å². The van der Waals surface area contributed by atoms with Gasteiger partial charge in [-0.1, -0.05) is 6.07 Å². The number of carbonyl (C=O) groups is 1. The lowest BCUT2D eigenvalue weighted by molar-refractivity contribution is -0.385. The predicted octanol–water partition coefficient (Wildman–Crippen LogP) is 4.15. The van der Waals surface area contributed by atoms with E-state index in [0.29, 0.717) is 33.4 Å². The fraction of sp³-hybridized carbons (Fsp3) is 0.111. The van der Waals surface area contributed by atoms with Gasteiger partial charge in [0.05, 0.1) is 32.9 Å². The van der Waals surface area contributed by atoms with Crippen molar-refractivity contribution >= 4 is 28.2 Å². The van der Waals surface area contributed by atoms with E-state index in [1.807, 2.05) is 0 Å². The summed E-state index contributed by atoms with van der Waals surface area (Å²) in [5.41, 5.74) is 1.89. The number of benzene rings is 2. The third-order valence-electron chi connectivity index (χ3n) is 3.96. The largest absolute Gasteiger partial charge is 0.321 e. The molecule has 1 heterocycles. The maximum Gasteiger partial charge on any atom is 0.274 e. The maximum atomic E-state index is 13.3. The molecule has 25 heavy (non-hydrogen) atoms. The van der Waals surface area contributed by atoms with E-state index in [1.54, 1.807) is 32.0 Å². The van der Waals surface area contributed by atoms with Gasteiger partial charge in [-0.15, -0.1) is 0 Å². The number of halogens is 1. The molecule has 1 aromatic heterocycles. The van der Waals surface area contributed by atoms with Gasteiger partial charge in [0.25, 0.3) is 11.6 Å². The Morgan fingerprint density at radius 3 is 2.68 bits per heavy atom. The summed E-state index contributed by atoms with van der Waals surface area (Å²) in [5, 5.41) is 14.3. The third-order valence-corrected chi connectivity index (χ3v) is 3.96. The lowest BCUT2D eigenvalue weighted by atomic mass is 10.1. The molecule has 6 nitrogen and oxygen atoms in total. The van der Waals surface area contributed by atoms with E-state index in [4.69, 9.17) is 0 Å². The highest BCUT2D eigenvalue weighted by atomic mass is 19.1. The molecule has 2 aromatic carbocycles. The van der Waals surface area contributed by atoms with E-state index in [2.05, 4.69) is 10.3 Å². The molecule has 7 heteroatoms. The Morgan fingerprint density at radius 2 is 1.96 bits per heavy atom. The lowest BCUT2D eigenvalue weighted by Gasteiger charge is -2.11. The molecule has 3 rings (SSSR count). The normalized spacial score (nSPS) is 10.7. The van der Waals surface area contributed by atoms with Crippen LogP contribution in [0.25, 0.3) is 10.9 Å². The van der Waals surface area contributed by atoms with Crippen LogP contribution in [0.3, 0.4) is 0 Å². The number of nitrogens with one attached hydrogen (secondary N) is 1. The first kappa shape index (κ1) is 16.5. The minimum absolute atomic E-state index is 0.0679. The minimum atomic E-state index is -0.498. The predicted molar refractivity (Wildman–Crippen MR) is 92.2 cm³/mol. The summed E-state index contributed by atoms with van der Waals surface area (Å²) in [5.74, 6) is -0.830. The summed E-state index contributed by atoms with van der Waals surface area (Å²) < 4.78 is 13.3. The number of aryl methyl sites for hydroxylation is 1. The smallest absolute Gasteiger partial charge is 0.274 e. The number of carbonyl (C=O) groups excluding carboxylic acids is 1. The first-order chi connectivity index (χ1) is 11.9. The van der Waals surface area contributed by atoms with Crippen molar-refractivity contribution in [1.29, 1.82) is 0 Å². The van der Waals surface area contributed by atoms with Gasteiger partial charge in [-0.2, -0.15) is 0 Å². The topological polar surface area (TPSA) is 85.1 Å². The lowest BCUT2D eigenvalue weighted by Crippen LogP contribution is -2.15. The van der Waals surface area contributed by atoms with Crippen LogP contribution in [0.2, 0.25) is 0 Å². The number of hydrogen-bond acceptors (Lipinski definition) is 4. The van der Waals surface area contributed by atoms with Crippen LogP contribution in [-0.2, 0) is 0 Å². The second-order valence-electron chi connectivity index (χ2n) is 5.62. The maximum absolute atomic E-state index is 13.3. The number of nitrogens with zero attached hydrogens (tertiary/aromatic N) is 2. The number of hydrogen-bond donors (Lipinski definition) is 1. The standard InChI is InChI=1S/C18H14FN3O3/c1-10-15(4-3-5-17(10)22(24)25)21-18(23)14-8-12-6-7-13(19)9-16(12)20-11(14)2/h3-9H,1-2H3,(H,21,23). The second kappa shape index (κ2) is 6.27. The molecule has 0 spiro atoms. The molecule has 0 atom stereocenters. The average molecular weight is 339 g/mol. The van der Waals surface area contributed by atoms with E-state index < -0.39 is 16.6 Å². The summed E-state index contributed by atoms with van der Waals surface area (Å²) in [4.78, 5) is 27.4. The molecule has 0 bridgehead atoms. The summed E-state index contributed by atoms with van der Waals surface area (Å²) in [6, 6.07) is 10.3. The zero-order chi connectivity index (χ0) is 18.1. The van der Waals surface area contributed by atoms with Crippen molar-refractivity contribution in [2.75, 3.05) is 5.32 Å². The van der Waals surface area contributed by atoms with Crippen molar-refractivity contribution in [3.05, 3.63) is 75.2 Å². The molecule has 0 saturated heterocycles. The van der Waals surface area contributed by atoms with Gasteiger partial charge in [0.15, 0.2) is 0 Å². The fourth-order valence-electron chi connectivity index (χ4n) is 2.61. The molecular weight excluding hydrogens is 325 g/mol. The van der Waals surface area contributed by atoms with Crippen LogP contribution >= 0.6 is 0 Å². The molecule has 0 fully saturated rings. The van der Waals surface area contributed by atoms with Crippen LogP contribution in [0.5, 0.6) is 0 Å². The summed E-state index contributed by atoms with van der Waals surface area (Å²) in [6.07, 6.45) is 0. The molecule has 0 aliphatic carbocycles. The third kappa shape index (κ3) is 3.16. The van der Waals surface area contributed by atoms with Gasteiger partial charge in [0, 0.05) is 17.5 Å². The Hall–Kier alpha value is -3.35. The van der Waals surface area contributed by atoms with E-state index in [9.17, 15) is 19.3 Å². The van der Waals surface area contributed by atoms with Crippen LogP contribution in [0, 0.1) is 29.8 Å². The van der Waals surface area contributed by atoms with Crippen LogP contribution in [0.4, 0.5) is 15.8 Å². The van der Waals surface area contributed by atoms with Gasteiger partial charge in [0.2, 0.25) is 0 Å². The molecule has 0 radical (unpaired) electrons. The van der Waals surface area contributed by atoms with E-state index >= 15 is 0 Å². The van der Waals surface area contributed by atoms with E-state index in [-0.39, 0.29) is 5.69 Å². The number of nitro groups is 1. The van der Waals surface area contributed by atoms with Crippen molar-refractivity contribution < 1.29 is 14.1 Å². The number of nitro benzene ring substituents is 1. The Bertz CT molecular complexity index is 1020. The van der Waals surface area contributed by atoms with Crippen LogP contribution < -0.4 is 5.32 Å². The van der Waals surface area contributed by atoms with E-state index in [0.717, 1.165) is 0 Å². The Labute approximate surface area is 142 Å². The van der Waals surface area contributed by atoms with Gasteiger partial charge < -0.3 is 5.32 Å². The van der Waals surface area contributed by atoms with Crippen LogP contribution in [0.1, 0.15) is 21.6 Å². The first-order valence-electron chi connectivity index (χ1n) is 7.49. The first-order valence-corrected chi connectivity index (χ1v) is 7.49.